The number of rotatable bonds is 2. The van der Waals surface area contributed by atoms with E-state index in [9.17, 15) is 4.79 Å². The molecule has 3 nitrogen and oxygen atoms in total. The molecule has 6 heteroatoms. The van der Waals surface area contributed by atoms with E-state index in [-0.39, 0.29) is 10.6 Å². The Kier molecular flexibility index (Phi) is 3.53. The smallest absolute Gasteiger partial charge is 0.266 e. The molecule has 1 heterocycles. The van der Waals surface area contributed by atoms with Crippen molar-refractivity contribution < 1.29 is 0 Å². The molecule has 0 radical (unpaired) electrons. The van der Waals surface area contributed by atoms with Crippen LogP contribution in [0.2, 0.25) is 10.0 Å². The Morgan fingerprint density at radius 2 is 1.88 bits per heavy atom. The molecule has 0 aliphatic carbocycles. The van der Waals surface area contributed by atoms with Crippen LogP contribution < -0.4 is 5.56 Å². The van der Waals surface area contributed by atoms with Gasteiger partial charge in [-0.2, -0.15) is 5.10 Å². The number of halogens is 2. The maximum atomic E-state index is 11.2. The van der Waals surface area contributed by atoms with Gasteiger partial charge in [-0.1, -0.05) is 35.0 Å². The minimum absolute atomic E-state index is 0.148. The molecular formula is C10H6Cl2N2OS. The van der Waals surface area contributed by atoms with Crippen molar-refractivity contribution in [2.24, 2.45) is 0 Å². The highest BCUT2D eigenvalue weighted by Gasteiger charge is 2.06. The number of hydrogen-bond donors (Lipinski definition) is 1. The monoisotopic (exact) mass is 272 g/mol. The van der Waals surface area contributed by atoms with Gasteiger partial charge in [0.2, 0.25) is 0 Å². The van der Waals surface area contributed by atoms with Gasteiger partial charge in [-0.05, 0) is 24.3 Å². The summed E-state index contributed by atoms with van der Waals surface area (Å²) in [4.78, 5) is 12.8. The van der Waals surface area contributed by atoms with Crippen molar-refractivity contribution >= 4 is 35.0 Å². The Morgan fingerprint density at radius 3 is 2.56 bits per heavy atom. The van der Waals surface area contributed by atoms with Crippen LogP contribution in [0.3, 0.4) is 0 Å². The standard InChI is InChI=1S/C10H6Cl2N2OS/c11-6-1-3-7(4-2-6)16-8-5-13-14-10(15)9(8)12/h1-5H,(H,14,15). The molecule has 16 heavy (non-hydrogen) atoms. The quantitative estimate of drug-likeness (QED) is 0.913. The number of nitrogens with zero attached hydrogens (tertiary/aromatic N) is 1. The van der Waals surface area contributed by atoms with E-state index in [0.29, 0.717) is 9.92 Å². The minimum atomic E-state index is -0.388. The summed E-state index contributed by atoms with van der Waals surface area (Å²) in [5.74, 6) is 0. The molecule has 0 amide bonds. The molecule has 0 aliphatic heterocycles. The molecular weight excluding hydrogens is 267 g/mol. The van der Waals surface area contributed by atoms with Crippen LogP contribution in [0.25, 0.3) is 0 Å². The van der Waals surface area contributed by atoms with Gasteiger partial charge in [0.1, 0.15) is 5.02 Å². The van der Waals surface area contributed by atoms with Gasteiger partial charge < -0.3 is 0 Å². The first-order chi connectivity index (χ1) is 7.66. The average molecular weight is 273 g/mol. The molecule has 1 aromatic heterocycles. The Bertz CT molecular complexity index is 553. The zero-order chi connectivity index (χ0) is 11.5. The molecule has 0 atom stereocenters. The van der Waals surface area contributed by atoms with Gasteiger partial charge in [0.25, 0.3) is 5.56 Å². The van der Waals surface area contributed by atoms with Gasteiger partial charge in [0.15, 0.2) is 0 Å². The number of hydrogen-bond acceptors (Lipinski definition) is 3. The lowest BCUT2D eigenvalue weighted by Crippen LogP contribution is -2.08. The summed E-state index contributed by atoms with van der Waals surface area (Å²) in [6, 6.07) is 7.26. The van der Waals surface area contributed by atoms with Crippen molar-refractivity contribution in [2.45, 2.75) is 9.79 Å². The zero-order valence-corrected chi connectivity index (χ0v) is 10.2. The highest BCUT2D eigenvalue weighted by Crippen LogP contribution is 2.31. The predicted octanol–water partition coefficient (Wildman–Crippen LogP) is 3.23. The molecule has 0 saturated heterocycles. The van der Waals surface area contributed by atoms with Crippen LogP contribution in [0.4, 0.5) is 0 Å². The number of aromatic amines is 1. The fourth-order valence-electron chi connectivity index (χ4n) is 1.07. The Hall–Kier alpha value is -0.970. The van der Waals surface area contributed by atoms with Crippen molar-refractivity contribution in [3.05, 3.63) is 50.9 Å². The first kappa shape index (κ1) is 11.5. The summed E-state index contributed by atoms with van der Waals surface area (Å²) in [5, 5.41) is 6.77. The molecule has 0 fully saturated rings. The Morgan fingerprint density at radius 1 is 1.19 bits per heavy atom. The fraction of sp³-hybridized carbons (Fsp3) is 0. The zero-order valence-electron chi connectivity index (χ0n) is 7.91. The van der Waals surface area contributed by atoms with Gasteiger partial charge in [-0.3, -0.25) is 4.79 Å². The van der Waals surface area contributed by atoms with Crippen molar-refractivity contribution in [1.82, 2.24) is 10.2 Å². The maximum Gasteiger partial charge on any atom is 0.284 e. The van der Waals surface area contributed by atoms with E-state index in [1.165, 1.54) is 18.0 Å². The first-order valence-electron chi connectivity index (χ1n) is 4.33. The molecule has 0 saturated carbocycles. The molecule has 0 unspecified atom stereocenters. The number of H-pyrrole nitrogens is 1. The van der Waals surface area contributed by atoms with E-state index < -0.39 is 0 Å². The van der Waals surface area contributed by atoms with E-state index in [0.717, 1.165) is 4.90 Å². The minimum Gasteiger partial charge on any atom is -0.266 e. The fourth-order valence-corrected chi connectivity index (χ4v) is 2.21. The lowest BCUT2D eigenvalue weighted by atomic mass is 10.4. The van der Waals surface area contributed by atoms with Crippen LogP contribution >= 0.6 is 35.0 Å². The molecule has 0 aliphatic rings. The van der Waals surface area contributed by atoms with Crippen molar-refractivity contribution in [2.75, 3.05) is 0 Å². The summed E-state index contributed by atoms with van der Waals surface area (Å²) in [6.07, 6.45) is 1.52. The summed E-state index contributed by atoms with van der Waals surface area (Å²) in [6.45, 7) is 0. The van der Waals surface area contributed by atoms with Crippen molar-refractivity contribution in [1.29, 1.82) is 0 Å². The van der Waals surface area contributed by atoms with Crippen LogP contribution in [0.5, 0.6) is 0 Å². The molecule has 1 aromatic carbocycles. The third-order valence-electron chi connectivity index (χ3n) is 1.81. The Labute approximate surface area is 106 Å². The average Bonchev–Trinajstić information content (AvgIpc) is 2.28. The highest BCUT2D eigenvalue weighted by atomic mass is 35.5. The normalized spacial score (nSPS) is 10.4. The van der Waals surface area contributed by atoms with E-state index in [1.807, 2.05) is 12.1 Å². The molecule has 0 spiro atoms. The van der Waals surface area contributed by atoms with Crippen LogP contribution in [-0.4, -0.2) is 10.2 Å². The molecule has 1 N–H and O–H groups in total. The maximum absolute atomic E-state index is 11.2. The van der Waals surface area contributed by atoms with Crippen LogP contribution in [0.15, 0.2) is 45.0 Å². The molecule has 82 valence electrons. The SMILES string of the molecule is O=c1[nH]ncc(Sc2ccc(Cl)cc2)c1Cl. The van der Waals surface area contributed by atoms with Gasteiger partial charge in [0, 0.05) is 9.92 Å². The predicted molar refractivity (Wildman–Crippen MR) is 65.4 cm³/mol. The summed E-state index contributed by atoms with van der Waals surface area (Å²) >= 11 is 13.0. The topological polar surface area (TPSA) is 45.8 Å². The number of benzene rings is 1. The second-order valence-corrected chi connectivity index (χ2v) is 4.86. The van der Waals surface area contributed by atoms with Crippen LogP contribution in [0.1, 0.15) is 0 Å². The van der Waals surface area contributed by atoms with Gasteiger partial charge in [-0.15, -0.1) is 0 Å². The largest absolute Gasteiger partial charge is 0.284 e. The third kappa shape index (κ3) is 2.58. The van der Waals surface area contributed by atoms with Crippen molar-refractivity contribution in [3.63, 3.8) is 0 Å². The van der Waals surface area contributed by atoms with Gasteiger partial charge in [0.05, 0.1) is 11.1 Å². The molecule has 0 bridgehead atoms. The highest BCUT2D eigenvalue weighted by molar-refractivity contribution is 7.99. The van der Waals surface area contributed by atoms with E-state index in [1.54, 1.807) is 12.1 Å². The van der Waals surface area contributed by atoms with Gasteiger partial charge >= 0.3 is 0 Å². The number of aromatic nitrogens is 2. The molecule has 2 aromatic rings. The lowest BCUT2D eigenvalue weighted by Gasteiger charge is -2.02. The lowest BCUT2D eigenvalue weighted by molar-refractivity contribution is 0.956. The molecule has 2 rings (SSSR count). The summed E-state index contributed by atoms with van der Waals surface area (Å²) in [5.41, 5.74) is -0.388. The number of nitrogens with one attached hydrogen (secondary N) is 1. The summed E-state index contributed by atoms with van der Waals surface area (Å²) in [7, 11) is 0. The van der Waals surface area contributed by atoms with E-state index in [2.05, 4.69) is 10.2 Å². The third-order valence-corrected chi connectivity index (χ3v) is 3.58. The van der Waals surface area contributed by atoms with Crippen LogP contribution in [-0.2, 0) is 0 Å². The second kappa shape index (κ2) is 4.91. The van der Waals surface area contributed by atoms with E-state index in [4.69, 9.17) is 23.2 Å². The van der Waals surface area contributed by atoms with Crippen molar-refractivity contribution in [3.8, 4) is 0 Å². The summed E-state index contributed by atoms with van der Waals surface area (Å²) < 4.78 is 0. The second-order valence-electron chi connectivity index (χ2n) is 2.93. The van der Waals surface area contributed by atoms with E-state index >= 15 is 0 Å². The Balaban J connectivity index is 2.30. The van der Waals surface area contributed by atoms with Crippen LogP contribution in [0, 0.1) is 0 Å². The first-order valence-corrected chi connectivity index (χ1v) is 5.90. The van der Waals surface area contributed by atoms with Gasteiger partial charge in [-0.25, -0.2) is 5.10 Å².